The summed E-state index contributed by atoms with van der Waals surface area (Å²) in [5, 5.41) is 0. The highest BCUT2D eigenvalue weighted by molar-refractivity contribution is 5.94. The zero-order chi connectivity index (χ0) is 19.3. The van der Waals surface area contributed by atoms with E-state index >= 15 is 0 Å². The Balaban J connectivity index is 1.46. The van der Waals surface area contributed by atoms with E-state index in [1.807, 2.05) is 29.2 Å². The molecule has 142 valence electrons. The molecule has 0 atom stereocenters. The van der Waals surface area contributed by atoms with Crippen LogP contribution in [0.15, 0.2) is 72.9 Å². The summed E-state index contributed by atoms with van der Waals surface area (Å²) in [5.74, 6) is 0.951. The minimum Gasteiger partial charge on any atom is -0.353 e. The lowest BCUT2D eigenvalue weighted by molar-refractivity contribution is 0.0734. The summed E-state index contributed by atoms with van der Waals surface area (Å²) < 4.78 is 0. The first-order valence-corrected chi connectivity index (χ1v) is 9.85. The second-order valence-electron chi connectivity index (χ2n) is 7.15. The minimum absolute atomic E-state index is 0.0552. The van der Waals surface area contributed by atoms with Crippen LogP contribution in [0.5, 0.6) is 0 Å². The first-order valence-electron chi connectivity index (χ1n) is 9.85. The third kappa shape index (κ3) is 3.91. The van der Waals surface area contributed by atoms with Crippen LogP contribution >= 0.6 is 0 Å². The van der Waals surface area contributed by atoms with Crippen molar-refractivity contribution in [1.82, 2.24) is 9.88 Å². The Labute approximate surface area is 166 Å². The van der Waals surface area contributed by atoms with Gasteiger partial charge < -0.3 is 9.80 Å². The molecule has 0 saturated heterocycles. The summed E-state index contributed by atoms with van der Waals surface area (Å²) in [4.78, 5) is 21.6. The molecule has 28 heavy (non-hydrogen) atoms. The normalized spacial score (nSPS) is 13.1. The van der Waals surface area contributed by atoms with Gasteiger partial charge in [0, 0.05) is 32.4 Å². The summed E-state index contributed by atoms with van der Waals surface area (Å²) in [7, 11) is 0. The molecule has 2 heterocycles. The van der Waals surface area contributed by atoms with Crippen LogP contribution in [-0.2, 0) is 19.5 Å². The number of benzene rings is 2. The van der Waals surface area contributed by atoms with Crippen molar-refractivity contribution in [3.8, 4) is 0 Å². The summed E-state index contributed by atoms with van der Waals surface area (Å²) in [6.07, 6.45) is 2.62. The molecule has 2 aromatic carbocycles. The highest BCUT2D eigenvalue weighted by atomic mass is 16.2. The molecule has 1 aliphatic rings. The van der Waals surface area contributed by atoms with E-state index in [1.54, 1.807) is 6.20 Å². The molecule has 1 aromatic heterocycles. The lowest BCUT2D eigenvalue weighted by Crippen LogP contribution is -2.36. The van der Waals surface area contributed by atoms with Crippen LogP contribution < -0.4 is 4.90 Å². The molecule has 0 N–H and O–H groups in total. The topological polar surface area (TPSA) is 36.4 Å². The lowest BCUT2D eigenvalue weighted by atomic mass is 9.99. The molecular formula is C24H25N3O. The average Bonchev–Trinajstić information content (AvgIpc) is 2.77. The number of amides is 1. The van der Waals surface area contributed by atoms with Gasteiger partial charge in [0.15, 0.2) is 0 Å². The SMILES string of the molecule is CCN(Cc1ccccc1)c1ccc(C(=O)N2CCc3ccccc3C2)cn1. The van der Waals surface area contributed by atoms with Gasteiger partial charge in [0.05, 0.1) is 5.56 Å². The number of hydrogen-bond donors (Lipinski definition) is 0. The molecule has 0 saturated carbocycles. The van der Waals surface area contributed by atoms with E-state index in [0.717, 1.165) is 31.9 Å². The van der Waals surface area contributed by atoms with Gasteiger partial charge in [-0.2, -0.15) is 0 Å². The van der Waals surface area contributed by atoms with Crippen molar-refractivity contribution in [3.05, 3.63) is 95.2 Å². The van der Waals surface area contributed by atoms with E-state index in [-0.39, 0.29) is 5.91 Å². The predicted molar refractivity (Wildman–Crippen MR) is 112 cm³/mol. The molecule has 0 spiro atoms. The van der Waals surface area contributed by atoms with Crippen LogP contribution in [0.3, 0.4) is 0 Å². The number of carbonyl (C=O) groups excluding carboxylic acids is 1. The van der Waals surface area contributed by atoms with Crippen molar-refractivity contribution in [1.29, 1.82) is 0 Å². The number of carbonyl (C=O) groups is 1. The molecule has 4 rings (SSSR count). The fraction of sp³-hybridized carbons (Fsp3) is 0.250. The van der Waals surface area contributed by atoms with Gasteiger partial charge in [0.25, 0.3) is 5.91 Å². The number of rotatable bonds is 5. The van der Waals surface area contributed by atoms with E-state index in [1.165, 1.54) is 16.7 Å². The number of nitrogens with zero attached hydrogens (tertiary/aromatic N) is 3. The third-order valence-electron chi connectivity index (χ3n) is 5.33. The van der Waals surface area contributed by atoms with Gasteiger partial charge >= 0.3 is 0 Å². The fourth-order valence-corrected chi connectivity index (χ4v) is 3.71. The number of hydrogen-bond acceptors (Lipinski definition) is 3. The summed E-state index contributed by atoms with van der Waals surface area (Å²) in [6.45, 7) is 5.21. The molecule has 0 aliphatic carbocycles. The van der Waals surface area contributed by atoms with E-state index in [4.69, 9.17) is 0 Å². The Kier molecular flexibility index (Phi) is 5.38. The van der Waals surface area contributed by atoms with Crippen LogP contribution in [0.2, 0.25) is 0 Å². The predicted octanol–water partition coefficient (Wildman–Crippen LogP) is 4.31. The van der Waals surface area contributed by atoms with Gasteiger partial charge in [0.2, 0.25) is 0 Å². The van der Waals surface area contributed by atoms with Crippen LogP contribution in [0.4, 0.5) is 5.82 Å². The Morgan fingerprint density at radius 3 is 2.46 bits per heavy atom. The first-order chi connectivity index (χ1) is 13.7. The molecule has 4 heteroatoms. The Bertz CT molecular complexity index is 938. The minimum atomic E-state index is 0.0552. The molecule has 0 fully saturated rings. The largest absolute Gasteiger partial charge is 0.353 e. The van der Waals surface area contributed by atoms with Gasteiger partial charge in [-0.1, -0.05) is 54.6 Å². The highest BCUT2D eigenvalue weighted by Crippen LogP contribution is 2.21. The van der Waals surface area contributed by atoms with Crippen LogP contribution in [-0.4, -0.2) is 28.9 Å². The van der Waals surface area contributed by atoms with E-state index in [2.05, 4.69) is 59.3 Å². The number of pyridine rings is 1. The van der Waals surface area contributed by atoms with Crippen molar-refractivity contribution in [3.63, 3.8) is 0 Å². The van der Waals surface area contributed by atoms with E-state index in [9.17, 15) is 4.79 Å². The van der Waals surface area contributed by atoms with Crippen LogP contribution in [0, 0.1) is 0 Å². The summed E-state index contributed by atoms with van der Waals surface area (Å²) in [6, 6.07) is 22.6. The maximum atomic E-state index is 12.9. The second kappa shape index (κ2) is 8.26. The maximum absolute atomic E-state index is 12.9. The smallest absolute Gasteiger partial charge is 0.255 e. The standard InChI is InChI=1S/C24H25N3O/c1-2-26(17-19-8-4-3-5-9-19)23-13-12-21(16-25-23)24(28)27-15-14-20-10-6-7-11-22(20)18-27/h3-13,16H,2,14-15,17-18H2,1H3. The van der Waals surface area contributed by atoms with Gasteiger partial charge in [0.1, 0.15) is 5.82 Å². The molecule has 0 radical (unpaired) electrons. The second-order valence-corrected chi connectivity index (χ2v) is 7.15. The molecule has 3 aromatic rings. The molecule has 4 nitrogen and oxygen atoms in total. The quantitative estimate of drug-likeness (QED) is 0.671. The van der Waals surface area contributed by atoms with Gasteiger partial charge in [-0.15, -0.1) is 0 Å². The fourth-order valence-electron chi connectivity index (χ4n) is 3.71. The number of aromatic nitrogens is 1. The Morgan fingerprint density at radius 1 is 1.00 bits per heavy atom. The molecule has 1 aliphatic heterocycles. The molecular weight excluding hydrogens is 346 g/mol. The van der Waals surface area contributed by atoms with Gasteiger partial charge in [-0.05, 0) is 42.2 Å². The molecule has 0 bridgehead atoms. The third-order valence-corrected chi connectivity index (χ3v) is 5.33. The zero-order valence-corrected chi connectivity index (χ0v) is 16.2. The van der Waals surface area contributed by atoms with Crippen molar-refractivity contribution >= 4 is 11.7 Å². The molecule has 0 unspecified atom stereocenters. The zero-order valence-electron chi connectivity index (χ0n) is 16.2. The van der Waals surface area contributed by atoms with Crippen molar-refractivity contribution < 1.29 is 4.79 Å². The monoisotopic (exact) mass is 371 g/mol. The average molecular weight is 371 g/mol. The van der Waals surface area contributed by atoms with Crippen LogP contribution in [0.25, 0.3) is 0 Å². The van der Waals surface area contributed by atoms with Crippen molar-refractivity contribution in [2.45, 2.75) is 26.4 Å². The Morgan fingerprint density at radius 2 is 1.75 bits per heavy atom. The molecule has 1 amide bonds. The number of anilines is 1. The van der Waals surface area contributed by atoms with Crippen molar-refractivity contribution in [2.75, 3.05) is 18.0 Å². The maximum Gasteiger partial charge on any atom is 0.255 e. The van der Waals surface area contributed by atoms with Crippen molar-refractivity contribution in [2.24, 2.45) is 0 Å². The number of fused-ring (bicyclic) bond motifs is 1. The van der Waals surface area contributed by atoms with Gasteiger partial charge in [-0.3, -0.25) is 4.79 Å². The lowest BCUT2D eigenvalue weighted by Gasteiger charge is -2.29. The summed E-state index contributed by atoms with van der Waals surface area (Å²) in [5.41, 5.74) is 4.49. The van der Waals surface area contributed by atoms with E-state index < -0.39 is 0 Å². The highest BCUT2D eigenvalue weighted by Gasteiger charge is 2.22. The van der Waals surface area contributed by atoms with Gasteiger partial charge in [-0.25, -0.2) is 4.98 Å². The van der Waals surface area contributed by atoms with Crippen LogP contribution in [0.1, 0.15) is 34.0 Å². The summed E-state index contributed by atoms with van der Waals surface area (Å²) >= 11 is 0. The Hall–Kier alpha value is -3.14. The first kappa shape index (κ1) is 18.2. The van der Waals surface area contributed by atoms with E-state index in [0.29, 0.717) is 12.1 Å².